The maximum Gasteiger partial charge on any atom is 0.417 e. The van der Waals surface area contributed by atoms with Crippen molar-refractivity contribution >= 4 is 31.9 Å². The number of hydrogen-bond acceptors (Lipinski definition) is 1. The van der Waals surface area contributed by atoms with Gasteiger partial charge in [0.2, 0.25) is 0 Å². The molecule has 1 nitrogen and oxygen atoms in total. The van der Waals surface area contributed by atoms with E-state index in [4.69, 9.17) is 0 Å². The molecule has 0 spiro atoms. The third-order valence-corrected chi connectivity index (χ3v) is 5.30. The van der Waals surface area contributed by atoms with Crippen molar-refractivity contribution in [3.8, 4) is 0 Å². The van der Waals surface area contributed by atoms with Crippen LogP contribution in [0.4, 0.5) is 13.2 Å². The summed E-state index contributed by atoms with van der Waals surface area (Å²) < 4.78 is 38.9. The van der Waals surface area contributed by atoms with Crippen molar-refractivity contribution in [3.63, 3.8) is 0 Å². The van der Waals surface area contributed by atoms with E-state index in [1.807, 2.05) is 19.1 Å². The van der Waals surface area contributed by atoms with Crippen molar-refractivity contribution in [2.24, 2.45) is 0 Å². The van der Waals surface area contributed by atoms with Crippen LogP contribution >= 0.6 is 31.9 Å². The van der Waals surface area contributed by atoms with Crippen molar-refractivity contribution < 1.29 is 13.2 Å². The first-order chi connectivity index (χ1) is 9.80. The fourth-order valence-electron chi connectivity index (χ4n) is 2.06. The van der Waals surface area contributed by atoms with Crippen LogP contribution in [0.15, 0.2) is 47.2 Å². The van der Waals surface area contributed by atoms with Crippen molar-refractivity contribution in [2.75, 3.05) is 0 Å². The van der Waals surface area contributed by atoms with Crippen molar-refractivity contribution in [2.45, 2.75) is 23.8 Å². The SMILES string of the molecule is CC(c1ccncc1)C(Br)c1ccc(Br)c(C(F)(F)F)c1. The van der Waals surface area contributed by atoms with Gasteiger partial charge in [-0.25, -0.2) is 0 Å². The quantitative estimate of drug-likeness (QED) is 0.544. The van der Waals surface area contributed by atoms with Gasteiger partial charge in [0.25, 0.3) is 0 Å². The fraction of sp³-hybridized carbons (Fsp3) is 0.267. The van der Waals surface area contributed by atoms with Crippen molar-refractivity contribution in [1.82, 2.24) is 4.98 Å². The zero-order valence-corrected chi connectivity index (χ0v) is 14.2. The zero-order valence-electron chi connectivity index (χ0n) is 11.0. The van der Waals surface area contributed by atoms with E-state index in [2.05, 4.69) is 36.8 Å². The summed E-state index contributed by atoms with van der Waals surface area (Å²) >= 11 is 6.46. The number of nitrogens with zero attached hydrogens (tertiary/aromatic N) is 1. The Morgan fingerprint density at radius 2 is 1.67 bits per heavy atom. The molecule has 0 fully saturated rings. The van der Waals surface area contributed by atoms with Crippen LogP contribution < -0.4 is 0 Å². The van der Waals surface area contributed by atoms with E-state index in [9.17, 15) is 13.2 Å². The molecule has 0 aliphatic rings. The lowest BCUT2D eigenvalue weighted by atomic mass is 9.93. The highest BCUT2D eigenvalue weighted by molar-refractivity contribution is 9.10. The molecule has 0 amide bonds. The molecule has 1 heterocycles. The summed E-state index contributed by atoms with van der Waals surface area (Å²) in [7, 11) is 0. The molecule has 0 radical (unpaired) electrons. The van der Waals surface area contributed by atoms with Gasteiger partial charge in [-0.1, -0.05) is 44.8 Å². The summed E-state index contributed by atoms with van der Waals surface area (Å²) in [5.74, 6) is 0.0234. The number of pyridine rings is 1. The number of halogens is 5. The number of benzene rings is 1. The predicted molar refractivity (Wildman–Crippen MR) is 83.5 cm³/mol. The lowest BCUT2D eigenvalue weighted by molar-refractivity contribution is -0.138. The van der Waals surface area contributed by atoms with E-state index in [1.165, 1.54) is 12.1 Å². The van der Waals surface area contributed by atoms with Crippen LogP contribution in [0.25, 0.3) is 0 Å². The minimum absolute atomic E-state index is 0.0234. The van der Waals surface area contributed by atoms with E-state index in [0.29, 0.717) is 5.56 Å². The number of aromatic nitrogens is 1. The van der Waals surface area contributed by atoms with Gasteiger partial charge in [-0.05, 0) is 41.3 Å². The molecule has 6 heteroatoms. The Morgan fingerprint density at radius 1 is 1.05 bits per heavy atom. The summed E-state index contributed by atoms with van der Waals surface area (Å²) in [4.78, 5) is 3.73. The molecule has 0 bridgehead atoms. The van der Waals surface area contributed by atoms with Crippen LogP contribution in [0.5, 0.6) is 0 Å². The summed E-state index contributed by atoms with van der Waals surface area (Å²) in [6.45, 7) is 1.96. The summed E-state index contributed by atoms with van der Waals surface area (Å²) in [6.07, 6.45) is -1.02. The second-order valence-electron chi connectivity index (χ2n) is 4.71. The number of hydrogen-bond donors (Lipinski definition) is 0. The third kappa shape index (κ3) is 3.86. The van der Waals surface area contributed by atoms with Gasteiger partial charge in [0.15, 0.2) is 0 Å². The van der Waals surface area contributed by atoms with Gasteiger partial charge in [0, 0.05) is 21.7 Å². The van der Waals surface area contributed by atoms with Gasteiger partial charge in [0.05, 0.1) is 5.56 Å². The maximum atomic E-state index is 13.0. The van der Waals surface area contributed by atoms with Crippen LogP contribution in [0.2, 0.25) is 0 Å². The molecule has 2 unspecified atom stereocenters. The fourth-order valence-corrected chi connectivity index (χ4v) is 3.12. The number of rotatable bonds is 3. The monoisotopic (exact) mass is 421 g/mol. The highest BCUT2D eigenvalue weighted by atomic mass is 79.9. The van der Waals surface area contributed by atoms with Crippen LogP contribution in [0, 0.1) is 0 Å². The summed E-state index contributed by atoms with van der Waals surface area (Å²) in [6, 6.07) is 8.04. The van der Waals surface area contributed by atoms with Gasteiger partial charge >= 0.3 is 6.18 Å². The Hall–Kier alpha value is -0.880. The minimum Gasteiger partial charge on any atom is -0.265 e. The molecule has 0 aliphatic heterocycles. The Labute approximate surface area is 137 Å². The van der Waals surface area contributed by atoms with Gasteiger partial charge in [-0.15, -0.1) is 0 Å². The topological polar surface area (TPSA) is 12.9 Å². The van der Waals surface area contributed by atoms with E-state index in [0.717, 1.165) is 5.56 Å². The van der Waals surface area contributed by atoms with Crippen LogP contribution in [-0.2, 0) is 6.18 Å². The Kier molecular flexibility index (Phi) is 5.09. The molecule has 2 atom stereocenters. The summed E-state index contributed by atoms with van der Waals surface area (Å²) in [5.41, 5.74) is 0.949. The first-order valence-corrected chi connectivity index (χ1v) is 7.92. The molecule has 0 saturated carbocycles. The minimum atomic E-state index is -4.37. The molecule has 0 saturated heterocycles. The van der Waals surface area contributed by atoms with Gasteiger partial charge in [0.1, 0.15) is 0 Å². The highest BCUT2D eigenvalue weighted by Crippen LogP contribution is 2.41. The predicted octanol–water partition coefficient (Wildman–Crippen LogP) is 6.10. The second kappa shape index (κ2) is 6.48. The Morgan fingerprint density at radius 3 is 2.24 bits per heavy atom. The average Bonchev–Trinajstić information content (AvgIpc) is 2.46. The van der Waals surface area contributed by atoms with Gasteiger partial charge < -0.3 is 0 Å². The van der Waals surface area contributed by atoms with Crippen molar-refractivity contribution in [1.29, 1.82) is 0 Å². The molecule has 2 aromatic rings. The van der Waals surface area contributed by atoms with Crippen molar-refractivity contribution in [3.05, 3.63) is 63.9 Å². The van der Waals surface area contributed by atoms with E-state index in [1.54, 1.807) is 18.5 Å². The lowest BCUT2D eigenvalue weighted by Crippen LogP contribution is -2.09. The maximum absolute atomic E-state index is 13.0. The van der Waals surface area contributed by atoms with Crippen LogP contribution in [0.3, 0.4) is 0 Å². The molecule has 0 N–H and O–H groups in total. The highest BCUT2D eigenvalue weighted by Gasteiger charge is 2.34. The van der Waals surface area contributed by atoms with Gasteiger partial charge in [-0.2, -0.15) is 13.2 Å². The first-order valence-electron chi connectivity index (χ1n) is 6.21. The van der Waals surface area contributed by atoms with E-state index >= 15 is 0 Å². The smallest absolute Gasteiger partial charge is 0.265 e. The molecule has 21 heavy (non-hydrogen) atoms. The molecule has 112 valence electrons. The summed E-state index contributed by atoms with van der Waals surface area (Å²) in [5, 5.41) is 0. The Balaban J connectivity index is 2.34. The van der Waals surface area contributed by atoms with Gasteiger partial charge in [-0.3, -0.25) is 4.98 Å². The number of alkyl halides is 4. The molecule has 2 rings (SSSR count). The average molecular weight is 423 g/mol. The molecular weight excluding hydrogens is 411 g/mol. The largest absolute Gasteiger partial charge is 0.417 e. The normalized spacial score (nSPS) is 14.8. The van der Waals surface area contributed by atoms with Crippen LogP contribution in [0.1, 0.15) is 34.4 Å². The third-order valence-electron chi connectivity index (χ3n) is 3.29. The van der Waals surface area contributed by atoms with Crippen LogP contribution in [-0.4, -0.2) is 4.98 Å². The molecular formula is C15H12Br2F3N. The van der Waals surface area contributed by atoms with E-state index in [-0.39, 0.29) is 15.2 Å². The zero-order chi connectivity index (χ0) is 15.6. The molecule has 1 aromatic heterocycles. The molecule has 0 aliphatic carbocycles. The lowest BCUT2D eigenvalue weighted by Gasteiger charge is -2.20. The Bertz CT molecular complexity index is 614. The standard InChI is InChI=1S/C15H12Br2F3N/c1-9(10-4-6-21-7-5-10)14(17)11-2-3-13(16)12(8-11)15(18,19)20/h2-9,14H,1H3. The first kappa shape index (κ1) is 16.5. The molecule has 1 aromatic carbocycles. The van der Waals surface area contributed by atoms with E-state index < -0.39 is 11.7 Å². The second-order valence-corrected chi connectivity index (χ2v) is 6.55.